The number of carbonyl (C=O) groups excluding carboxylic acids is 1. The van der Waals surface area contributed by atoms with Crippen LogP contribution in [0.3, 0.4) is 0 Å². The van der Waals surface area contributed by atoms with Gasteiger partial charge in [0, 0.05) is 25.4 Å². The summed E-state index contributed by atoms with van der Waals surface area (Å²) in [5, 5.41) is 0. The van der Waals surface area contributed by atoms with E-state index in [1.165, 1.54) is 11.1 Å². The van der Waals surface area contributed by atoms with Crippen LogP contribution in [0.1, 0.15) is 50.7 Å². The van der Waals surface area contributed by atoms with Crippen LogP contribution in [0.25, 0.3) is 0 Å². The number of rotatable bonds is 6. The topological polar surface area (TPSA) is 49.6 Å². The summed E-state index contributed by atoms with van der Waals surface area (Å²) in [6, 6.07) is 8.77. The lowest BCUT2D eigenvalue weighted by Crippen LogP contribution is -2.43. The number of hydrogen-bond donors (Lipinski definition) is 1. The van der Waals surface area contributed by atoms with E-state index in [-0.39, 0.29) is 42.8 Å². The van der Waals surface area contributed by atoms with Crippen molar-refractivity contribution in [3.05, 3.63) is 35.4 Å². The molecule has 1 aliphatic heterocycles. The van der Waals surface area contributed by atoms with E-state index in [4.69, 9.17) is 5.73 Å². The minimum atomic E-state index is -0.180. The van der Waals surface area contributed by atoms with E-state index >= 15 is 0 Å². The molecule has 0 bridgehead atoms. The van der Waals surface area contributed by atoms with Crippen LogP contribution >= 0.6 is 24.8 Å². The smallest absolute Gasteiger partial charge is 0.223 e. The molecule has 0 saturated carbocycles. The van der Waals surface area contributed by atoms with Crippen molar-refractivity contribution in [2.75, 3.05) is 19.6 Å². The Labute approximate surface area is 158 Å². The summed E-state index contributed by atoms with van der Waals surface area (Å²) in [5.41, 5.74) is 8.88. The average molecular weight is 376 g/mol. The first kappa shape index (κ1) is 23.2. The number of carbonyl (C=O) groups is 1. The normalized spacial score (nSPS) is 19.8. The molecule has 1 fully saturated rings. The van der Waals surface area contributed by atoms with Gasteiger partial charge < -0.3 is 10.6 Å². The molecule has 24 heavy (non-hydrogen) atoms. The van der Waals surface area contributed by atoms with Gasteiger partial charge in [0.25, 0.3) is 0 Å². The molecule has 4 nitrogen and oxygen atoms in total. The number of amides is 1. The van der Waals surface area contributed by atoms with Gasteiger partial charge in [0.1, 0.15) is 0 Å². The Morgan fingerprint density at radius 2 is 1.75 bits per heavy atom. The molecule has 138 valence electrons. The molecule has 2 unspecified atom stereocenters. The summed E-state index contributed by atoms with van der Waals surface area (Å²) in [7, 11) is 0. The summed E-state index contributed by atoms with van der Waals surface area (Å²) in [4.78, 5) is 16.1. The van der Waals surface area contributed by atoms with Crippen molar-refractivity contribution in [1.29, 1.82) is 0 Å². The molecule has 1 amide bonds. The van der Waals surface area contributed by atoms with E-state index in [0.717, 1.165) is 32.6 Å². The van der Waals surface area contributed by atoms with Crippen LogP contribution in [0.5, 0.6) is 0 Å². The number of nitrogens with two attached hydrogens (primary N) is 1. The Kier molecular flexibility index (Phi) is 10.6. The Morgan fingerprint density at radius 3 is 2.25 bits per heavy atom. The fourth-order valence-corrected chi connectivity index (χ4v) is 3.25. The lowest BCUT2D eigenvalue weighted by Gasteiger charge is -2.24. The van der Waals surface area contributed by atoms with E-state index in [2.05, 4.69) is 43.0 Å². The van der Waals surface area contributed by atoms with E-state index in [1.54, 1.807) is 0 Å². The second kappa shape index (κ2) is 10.9. The summed E-state index contributed by atoms with van der Waals surface area (Å²) in [5.74, 6) is 0.422. The standard InChI is InChI=1S/C18H29N3O.2ClH/c1-4-17(22)21-12-11-16(18(21)19)15-9-7-14(8-10-15)13-20(5-2)6-3;;/h7-10,16,18H,4-6,11-13,19H2,1-3H3;2*1H. The molecule has 1 aromatic carbocycles. The Hall–Kier alpha value is -0.810. The molecule has 0 aliphatic carbocycles. The molecule has 2 rings (SSSR count). The molecule has 0 radical (unpaired) electrons. The third-order valence-corrected chi connectivity index (χ3v) is 4.78. The lowest BCUT2D eigenvalue weighted by molar-refractivity contribution is -0.131. The largest absolute Gasteiger partial charge is 0.327 e. The third-order valence-electron chi connectivity index (χ3n) is 4.78. The van der Waals surface area contributed by atoms with Crippen LogP contribution in [-0.2, 0) is 11.3 Å². The van der Waals surface area contributed by atoms with Gasteiger partial charge in [0.2, 0.25) is 5.91 Å². The maximum absolute atomic E-state index is 11.9. The molecule has 0 aromatic heterocycles. The first-order chi connectivity index (χ1) is 10.6. The Morgan fingerprint density at radius 1 is 1.17 bits per heavy atom. The van der Waals surface area contributed by atoms with Crippen molar-refractivity contribution in [2.24, 2.45) is 5.73 Å². The van der Waals surface area contributed by atoms with E-state index < -0.39 is 0 Å². The molecule has 1 aliphatic rings. The minimum absolute atomic E-state index is 0. The van der Waals surface area contributed by atoms with Gasteiger partial charge in [-0.1, -0.05) is 45.0 Å². The van der Waals surface area contributed by atoms with Gasteiger partial charge in [-0.3, -0.25) is 9.69 Å². The van der Waals surface area contributed by atoms with Gasteiger partial charge in [-0.15, -0.1) is 24.8 Å². The van der Waals surface area contributed by atoms with Gasteiger partial charge in [-0.05, 0) is 30.6 Å². The predicted octanol–water partition coefficient (Wildman–Crippen LogP) is 3.38. The highest BCUT2D eigenvalue weighted by Gasteiger charge is 2.34. The molecular formula is C18H31Cl2N3O. The fraction of sp³-hybridized carbons (Fsp3) is 0.611. The quantitative estimate of drug-likeness (QED) is 0.828. The van der Waals surface area contributed by atoms with Crippen molar-refractivity contribution in [3.63, 3.8) is 0 Å². The number of hydrogen-bond acceptors (Lipinski definition) is 3. The van der Waals surface area contributed by atoms with Crippen LogP contribution in [0.15, 0.2) is 24.3 Å². The van der Waals surface area contributed by atoms with E-state index in [1.807, 2.05) is 11.8 Å². The Balaban J connectivity index is 0.00000264. The zero-order valence-corrected chi connectivity index (χ0v) is 16.5. The van der Waals surface area contributed by atoms with Crippen LogP contribution in [0, 0.1) is 0 Å². The molecule has 6 heteroatoms. The SMILES string of the molecule is CCC(=O)N1CCC(c2ccc(CN(CC)CC)cc2)C1N.Cl.Cl. The van der Waals surface area contributed by atoms with Crippen molar-refractivity contribution >= 4 is 30.7 Å². The molecule has 1 aromatic rings. The number of halogens is 2. The first-order valence-corrected chi connectivity index (χ1v) is 8.46. The molecule has 2 N–H and O–H groups in total. The number of likely N-dealkylation sites (tertiary alicyclic amines) is 1. The van der Waals surface area contributed by atoms with Crippen LogP contribution < -0.4 is 5.73 Å². The van der Waals surface area contributed by atoms with Crippen molar-refractivity contribution < 1.29 is 4.79 Å². The van der Waals surface area contributed by atoms with Crippen molar-refractivity contribution in [1.82, 2.24) is 9.80 Å². The third kappa shape index (κ3) is 5.35. The second-order valence-electron chi connectivity index (χ2n) is 6.03. The van der Waals surface area contributed by atoms with Gasteiger partial charge >= 0.3 is 0 Å². The zero-order chi connectivity index (χ0) is 16.1. The highest BCUT2D eigenvalue weighted by atomic mass is 35.5. The monoisotopic (exact) mass is 375 g/mol. The van der Waals surface area contributed by atoms with E-state index in [9.17, 15) is 4.79 Å². The molecule has 2 atom stereocenters. The molecule has 1 saturated heterocycles. The zero-order valence-electron chi connectivity index (χ0n) is 14.9. The Bertz CT molecular complexity index is 492. The van der Waals surface area contributed by atoms with Crippen molar-refractivity contribution in [3.8, 4) is 0 Å². The second-order valence-corrected chi connectivity index (χ2v) is 6.03. The summed E-state index contributed by atoms with van der Waals surface area (Å²) in [6.45, 7) is 10.2. The molecule has 1 heterocycles. The fourth-order valence-electron chi connectivity index (χ4n) is 3.25. The lowest BCUT2D eigenvalue weighted by atomic mass is 9.95. The number of nitrogens with zero attached hydrogens (tertiary/aromatic N) is 2. The summed E-state index contributed by atoms with van der Waals surface area (Å²) in [6.07, 6.45) is 1.31. The first-order valence-electron chi connectivity index (χ1n) is 8.46. The predicted molar refractivity (Wildman–Crippen MR) is 105 cm³/mol. The minimum Gasteiger partial charge on any atom is -0.327 e. The maximum atomic E-state index is 11.9. The maximum Gasteiger partial charge on any atom is 0.223 e. The highest BCUT2D eigenvalue weighted by Crippen LogP contribution is 2.31. The van der Waals surface area contributed by atoms with Gasteiger partial charge in [0.05, 0.1) is 6.17 Å². The van der Waals surface area contributed by atoms with Crippen LogP contribution in [0.2, 0.25) is 0 Å². The van der Waals surface area contributed by atoms with Gasteiger partial charge in [-0.2, -0.15) is 0 Å². The van der Waals surface area contributed by atoms with Gasteiger partial charge in [-0.25, -0.2) is 0 Å². The van der Waals surface area contributed by atoms with E-state index in [0.29, 0.717) is 6.42 Å². The molecular weight excluding hydrogens is 345 g/mol. The van der Waals surface area contributed by atoms with Crippen LogP contribution in [0.4, 0.5) is 0 Å². The highest BCUT2D eigenvalue weighted by molar-refractivity contribution is 5.85. The molecule has 0 spiro atoms. The average Bonchev–Trinajstić information content (AvgIpc) is 2.94. The summed E-state index contributed by atoms with van der Waals surface area (Å²) < 4.78 is 0. The summed E-state index contributed by atoms with van der Waals surface area (Å²) >= 11 is 0. The van der Waals surface area contributed by atoms with Crippen LogP contribution in [-0.4, -0.2) is 41.5 Å². The van der Waals surface area contributed by atoms with Gasteiger partial charge in [0.15, 0.2) is 0 Å². The number of benzene rings is 1. The van der Waals surface area contributed by atoms with Crippen molar-refractivity contribution in [2.45, 2.75) is 52.2 Å².